The summed E-state index contributed by atoms with van der Waals surface area (Å²) in [5, 5.41) is 0. The first-order valence-corrected chi connectivity index (χ1v) is 7.14. The summed E-state index contributed by atoms with van der Waals surface area (Å²) in [7, 11) is 0. The molecule has 0 aliphatic rings. The van der Waals surface area contributed by atoms with Crippen molar-refractivity contribution in [2.75, 3.05) is 11.5 Å². The number of pyridine rings is 1. The number of hydrogen-bond donors (Lipinski definition) is 2. The number of benzene rings is 1. The zero-order chi connectivity index (χ0) is 16.4. The highest BCUT2D eigenvalue weighted by Gasteiger charge is 2.14. The second kappa shape index (κ2) is 6.00. The van der Waals surface area contributed by atoms with Crippen molar-refractivity contribution in [1.82, 2.24) is 15.0 Å². The first-order chi connectivity index (χ1) is 11.0. The van der Waals surface area contributed by atoms with Crippen LogP contribution in [0.25, 0.3) is 11.5 Å². The Bertz CT molecular complexity index is 840. The highest BCUT2D eigenvalue weighted by Crippen LogP contribution is 2.24. The largest absolute Gasteiger partial charge is 0.383 e. The van der Waals surface area contributed by atoms with E-state index < -0.39 is 0 Å². The normalized spacial score (nSPS) is 10.7. The molecule has 6 heteroatoms. The molecule has 3 rings (SSSR count). The number of nitrogen functional groups attached to an aromatic ring is 2. The fourth-order valence-electron chi connectivity index (χ4n) is 2.31. The first-order valence-electron chi connectivity index (χ1n) is 7.14. The number of aryl methyl sites for hydroxylation is 1. The molecule has 0 amide bonds. The van der Waals surface area contributed by atoms with Crippen LogP contribution >= 0.6 is 0 Å². The van der Waals surface area contributed by atoms with Gasteiger partial charge in [0.2, 0.25) is 0 Å². The minimum absolute atomic E-state index is 0.235. The van der Waals surface area contributed by atoms with E-state index in [-0.39, 0.29) is 23.9 Å². The summed E-state index contributed by atoms with van der Waals surface area (Å²) in [6, 6.07) is 12.0. The molecule has 0 fully saturated rings. The average molecular weight is 309 g/mol. The van der Waals surface area contributed by atoms with Crippen LogP contribution in [0.3, 0.4) is 0 Å². The van der Waals surface area contributed by atoms with Crippen LogP contribution in [0.4, 0.5) is 16.0 Å². The van der Waals surface area contributed by atoms with Crippen LogP contribution in [0, 0.1) is 12.7 Å². The van der Waals surface area contributed by atoms with E-state index in [4.69, 9.17) is 11.5 Å². The lowest BCUT2D eigenvalue weighted by Crippen LogP contribution is -2.09. The Kier molecular flexibility index (Phi) is 3.89. The third-order valence-corrected chi connectivity index (χ3v) is 3.51. The van der Waals surface area contributed by atoms with Crippen molar-refractivity contribution >= 4 is 11.6 Å². The van der Waals surface area contributed by atoms with E-state index in [0.717, 1.165) is 5.69 Å². The van der Waals surface area contributed by atoms with Crippen LogP contribution in [-0.2, 0) is 6.42 Å². The molecule has 0 saturated carbocycles. The van der Waals surface area contributed by atoms with Gasteiger partial charge in [-0.25, -0.2) is 19.3 Å². The monoisotopic (exact) mass is 309 g/mol. The summed E-state index contributed by atoms with van der Waals surface area (Å²) in [6.07, 6.45) is 0.242. The van der Waals surface area contributed by atoms with Gasteiger partial charge >= 0.3 is 0 Å². The Morgan fingerprint density at radius 3 is 2.26 bits per heavy atom. The van der Waals surface area contributed by atoms with Crippen LogP contribution in [-0.4, -0.2) is 15.0 Å². The van der Waals surface area contributed by atoms with Crippen molar-refractivity contribution in [2.24, 2.45) is 0 Å². The van der Waals surface area contributed by atoms with E-state index in [1.165, 1.54) is 6.07 Å². The van der Waals surface area contributed by atoms with Gasteiger partial charge in [-0.1, -0.05) is 24.3 Å². The predicted molar refractivity (Wildman–Crippen MR) is 88.0 cm³/mol. The molecule has 0 atom stereocenters. The van der Waals surface area contributed by atoms with Crippen molar-refractivity contribution in [3.8, 4) is 11.5 Å². The van der Waals surface area contributed by atoms with E-state index in [2.05, 4.69) is 15.0 Å². The van der Waals surface area contributed by atoms with Crippen LogP contribution in [0.15, 0.2) is 42.5 Å². The van der Waals surface area contributed by atoms with Gasteiger partial charge in [0.05, 0.1) is 0 Å². The minimum atomic E-state index is -0.310. The molecule has 1 aromatic carbocycles. The van der Waals surface area contributed by atoms with E-state index in [9.17, 15) is 4.39 Å². The summed E-state index contributed by atoms with van der Waals surface area (Å²) in [5.74, 6) is 0.523. The Hall–Kier alpha value is -3.02. The van der Waals surface area contributed by atoms with Crippen molar-refractivity contribution in [3.05, 3.63) is 65.1 Å². The molecule has 0 bridgehead atoms. The van der Waals surface area contributed by atoms with Crippen molar-refractivity contribution < 1.29 is 4.39 Å². The maximum Gasteiger partial charge on any atom is 0.182 e. The van der Waals surface area contributed by atoms with E-state index in [1.807, 2.05) is 19.1 Å². The summed E-state index contributed by atoms with van der Waals surface area (Å²) >= 11 is 0. The molecule has 2 aromatic heterocycles. The third-order valence-electron chi connectivity index (χ3n) is 3.51. The molecule has 0 spiro atoms. The van der Waals surface area contributed by atoms with E-state index >= 15 is 0 Å². The third kappa shape index (κ3) is 3.11. The van der Waals surface area contributed by atoms with Gasteiger partial charge in [0.25, 0.3) is 0 Å². The molecule has 0 unspecified atom stereocenters. The van der Waals surface area contributed by atoms with Gasteiger partial charge in [0.1, 0.15) is 23.1 Å². The van der Waals surface area contributed by atoms with Crippen molar-refractivity contribution in [2.45, 2.75) is 13.3 Å². The Labute approximate surface area is 133 Å². The van der Waals surface area contributed by atoms with Crippen LogP contribution < -0.4 is 11.5 Å². The average Bonchev–Trinajstić information content (AvgIpc) is 2.52. The summed E-state index contributed by atoms with van der Waals surface area (Å²) in [4.78, 5) is 12.9. The molecule has 4 N–H and O–H groups in total. The van der Waals surface area contributed by atoms with Gasteiger partial charge in [0.15, 0.2) is 5.82 Å². The van der Waals surface area contributed by atoms with Crippen molar-refractivity contribution in [3.63, 3.8) is 0 Å². The van der Waals surface area contributed by atoms with Crippen LogP contribution in [0.5, 0.6) is 0 Å². The molecule has 0 aliphatic carbocycles. The lowest BCUT2D eigenvalue weighted by molar-refractivity contribution is 0.614. The molecule has 0 aliphatic heterocycles. The van der Waals surface area contributed by atoms with Crippen LogP contribution in [0.1, 0.15) is 16.8 Å². The fraction of sp³-hybridized carbons (Fsp3) is 0.118. The van der Waals surface area contributed by atoms with Gasteiger partial charge in [0, 0.05) is 17.7 Å². The minimum Gasteiger partial charge on any atom is -0.383 e. The lowest BCUT2D eigenvalue weighted by Gasteiger charge is -2.11. The maximum atomic E-state index is 13.8. The second-order valence-corrected chi connectivity index (χ2v) is 5.23. The highest BCUT2D eigenvalue weighted by atomic mass is 19.1. The topological polar surface area (TPSA) is 90.7 Å². The predicted octanol–water partition coefficient (Wildman–Crippen LogP) is 2.74. The maximum absolute atomic E-state index is 13.8. The summed E-state index contributed by atoms with van der Waals surface area (Å²) < 4.78 is 13.8. The second-order valence-electron chi connectivity index (χ2n) is 5.23. The first kappa shape index (κ1) is 14.9. The van der Waals surface area contributed by atoms with Crippen molar-refractivity contribution in [1.29, 1.82) is 0 Å². The van der Waals surface area contributed by atoms with Gasteiger partial charge in [-0.15, -0.1) is 0 Å². The van der Waals surface area contributed by atoms with Gasteiger partial charge in [-0.3, -0.25) is 0 Å². The van der Waals surface area contributed by atoms with E-state index in [1.54, 1.807) is 24.3 Å². The molecule has 116 valence electrons. The zero-order valence-electron chi connectivity index (χ0n) is 12.6. The standard InChI is InChI=1S/C17H16FN5/c1-10-5-4-8-14(21-10)17-22-15(19)12(16(20)23-17)9-11-6-2-3-7-13(11)18/h2-8H,9H2,1H3,(H4,19,20,22,23). The Morgan fingerprint density at radius 2 is 1.61 bits per heavy atom. The Balaban J connectivity index is 2.00. The molecule has 5 nitrogen and oxygen atoms in total. The Morgan fingerprint density at radius 1 is 0.913 bits per heavy atom. The molecule has 0 saturated heterocycles. The highest BCUT2D eigenvalue weighted by molar-refractivity contribution is 5.62. The summed E-state index contributed by atoms with van der Waals surface area (Å²) in [6.45, 7) is 1.88. The zero-order valence-corrected chi connectivity index (χ0v) is 12.6. The molecule has 0 radical (unpaired) electrons. The number of hydrogen-bond acceptors (Lipinski definition) is 5. The molecule has 3 aromatic rings. The quantitative estimate of drug-likeness (QED) is 0.776. The van der Waals surface area contributed by atoms with Gasteiger partial charge in [-0.05, 0) is 30.7 Å². The molecular formula is C17H16FN5. The number of nitrogens with zero attached hydrogens (tertiary/aromatic N) is 3. The number of halogens is 1. The van der Waals surface area contributed by atoms with Gasteiger partial charge < -0.3 is 11.5 Å². The number of rotatable bonds is 3. The number of nitrogens with two attached hydrogens (primary N) is 2. The van der Waals surface area contributed by atoms with Crippen LogP contribution in [0.2, 0.25) is 0 Å². The smallest absolute Gasteiger partial charge is 0.182 e. The number of anilines is 2. The van der Waals surface area contributed by atoms with E-state index in [0.29, 0.717) is 22.6 Å². The number of aromatic nitrogens is 3. The molecular weight excluding hydrogens is 293 g/mol. The fourth-order valence-corrected chi connectivity index (χ4v) is 2.31. The molecule has 2 heterocycles. The molecule has 23 heavy (non-hydrogen) atoms. The lowest BCUT2D eigenvalue weighted by atomic mass is 10.1. The van der Waals surface area contributed by atoms with Gasteiger partial charge in [-0.2, -0.15) is 0 Å². The SMILES string of the molecule is Cc1cccc(-c2nc(N)c(Cc3ccccc3F)c(N)n2)n1. The summed E-state index contributed by atoms with van der Waals surface area (Å²) in [5.41, 5.74) is 14.5.